The van der Waals surface area contributed by atoms with E-state index >= 15 is 0 Å². The lowest BCUT2D eigenvalue weighted by molar-refractivity contribution is 0.0488. The molecule has 2 amide bonds. The fourth-order valence-corrected chi connectivity index (χ4v) is 4.49. The first kappa shape index (κ1) is 23.9. The quantitative estimate of drug-likeness (QED) is 0.516. The molecule has 2 saturated carbocycles. The number of carbonyl (C=O) groups excluding carboxylic acids is 2. The van der Waals surface area contributed by atoms with Crippen molar-refractivity contribution in [3.05, 3.63) is 54.1 Å². The van der Waals surface area contributed by atoms with Crippen molar-refractivity contribution in [1.29, 1.82) is 0 Å². The van der Waals surface area contributed by atoms with Crippen LogP contribution in [0.15, 0.2) is 48.5 Å². The van der Waals surface area contributed by atoms with Gasteiger partial charge in [-0.1, -0.05) is 36.4 Å². The van der Waals surface area contributed by atoms with Crippen LogP contribution in [0.5, 0.6) is 0 Å². The summed E-state index contributed by atoms with van der Waals surface area (Å²) in [6.07, 6.45) is 3.23. The van der Waals surface area contributed by atoms with Crippen LogP contribution in [0.3, 0.4) is 0 Å². The Morgan fingerprint density at radius 3 is 2.09 bits per heavy atom. The van der Waals surface area contributed by atoms with Crippen molar-refractivity contribution in [2.24, 2.45) is 0 Å². The maximum atomic E-state index is 12.4. The van der Waals surface area contributed by atoms with E-state index < -0.39 is 5.60 Å². The van der Waals surface area contributed by atoms with Gasteiger partial charge in [0.15, 0.2) is 0 Å². The molecule has 7 heteroatoms. The lowest BCUT2D eigenvalue weighted by Gasteiger charge is -2.30. The van der Waals surface area contributed by atoms with E-state index in [4.69, 9.17) is 15.2 Å². The minimum Gasteiger partial charge on any atom is -0.446 e. The molecule has 2 aliphatic carbocycles. The molecule has 4 rings (SSSR count). The summed E-state index contributed by atoms with van der Waals surface area (Å²) in [5.41, 5.74) is 9.51. The number of hydrogen-bond acceptors (Lipinski definition) is 5. The van der Waals surface area contributed by atoms with Crippen LogP contribution in [0.2, 0.25) is 0 Å². The highest BCUT2D eigenvalue weighted by Crippen LogP contribution is 2.43. The largest absolute Gasteiger partial charge is 0.446 e. The van der Waals surface area contributed by atoms with Gasteiger partial charge in [-0.2, -0.15) is 0 Å². The van der Waals surface area contributed by atoms with Crippen molar-refractivity contribution in [3.8, 4) is 11.1 Å². The molecule has 7 nitrogen and oxygen atoms in total. The Morgan fingerprint density at radius 1 is 0.882 bits per heavy atom. The SMILES string of the molecule is CC(C)(C)OC(=O)NC1CCC(NC(=O)O[C@@H]2C[C@H]2c2ccc(-c3cccc(N)c3)cc2)CC1. The predicted octanol–water partition coefficient (Wildman–Crippen LogP) is 5.35. The highest BCUT2D eigenvalue weighted by atomic mass is 16.6. The lowest BCUT2D eigenvalue weighted by Crippen LogP contribution is -2.45. The third-order valence-corrected chi connectivity index (χ3v) is 6.32. The van der Waals surface area contributed by atoms with Gasteiger partial charge in [-0.15, -0.1) is 0 Å². The smallest absolute Gasteiger partial charge is 0.407 e. The monoisotopic (exact) mass is 465 g/mol. The van der Waals surface area contributed by atoms with Crippen LogP contribution in [0, 0.1) is 0 Å². The number of ether oxygens (including phenoxy) is 2. The van der Waals surface area contributed by atoms with Crippen molar-refractivity contribution < 1.29 is 19.1 Å². The highest BCUT2D eigenvalue weighted by molar-refractivity contribution is 5.69. The standard InChI is InChI=1S/C27H35N3O4/c1-27(2,3)34-26(32)30-22-13-11-21(12-14-22)29-25(31)33-24-16-23(24)18-9-7-17(8-10-18)19-5-4-6-20(28)15-19/h4-10,15,21-24H,11-14,16,28H2,1-3H3,(H,29,31)(H,30,32)/t21?,22?,23-,24+/m0/s1. The number of nitrogens with one attached hydrogen (secondary N) is 2. The summed E-state index contributed by atoms with van der Waals surface area (Å²) in [5.74, 6) is 0.245. The van der Waals surface area contributed by atoms with Gasteiger partial charge in [-0.25, -0.2) is 9.59 Å². The van der Waals surface area contributed by atoms with E-state index in [-0.39, 0.29) is 36.3 Å². The third-order valence-electron chi connectivity index (χ3n) is 6.32. The van der Waals surface area contributed by atoms with Crippen LogP contribution in [0.25, 0.3) is 11.1 Å². The molecule has 0 aliphatic heterocycles. The predicted molar refractivity (Wildman–Crippen MR) is 132 cm³/mol. The zero-order chi connectivity index (χ0) is 24.3. The number of benzene rings is 2. The van der Waals surface area contributed by atoms with Gasteiger partial charge in [0.25, 0.3) is 0 Å². The van der Waals surface area contributed by atoms with Gasteiger partial charge in [-0.3, -0.25) is 0 Å². The number of amides is 2. The van der Waals surface area contributed by atoms with E-state index in [0.717, 1.165) is 48.9 Å². The number of carbonyl (C=O) groups is 2. The maximum absolute atomic E-state index is 12.4. The Morgan fingerprint density at radius 2 is 1.50 bits per heavy atom. The average Bonchev–Trinajstić information content (AvgIpc) is 3.53. The van der Waals surface area contributed by atoms with E-state index in [1.54, 1.807) is 0 Å². The van der Waals surface area contributed by atoms with Gasteiger partial charge < -0.3 is 25.8 Å². The number of rotatable bonds is 5. The number of hydrogen-bond donors (Lipinski definition) is 3. The molecule has 0 radical (unpaired) electrons. The van der Waals surface area contributed by atoms with Gasteiger partial charge in [0, 0.05) is 23.7 Å². The summed E-state index contributed by atoms with van der Waals surface area (Å²) in [6.45, 7) is 5.54. The van der Waals surface area contributed by atoms with Gasteiger partial charge in [0.05, 0.1) is 0 Å². The molecule has 2 aliphatic rings. The lowest BCUT2D eigenvalue weighted by atomic mass is 9.91. The molecule has 0 aromatic heterocycles. The van der Waals surface area contributed by atoms with Gasteiger partial charge in [0.2, 0.25) is 0 Å². The number of nitrogens with two attached hydrogens (primary N) is 1. The molecule has 2 fully saturated rings. The van der Waals surface area contributed by atoms with E-state index in [2.05, 4.69) is 34.9 Å². The Hall–Kier alpha value is -3.22. The third kappa shape index (κ3) is 6.65. The van der Waals surface area contributed by atoms with Crippen LogP contribution in [0.4, 0.5) is 15.3 Å². The molecule has 0 bridgehead atoms. The fraction of sp³-hybridized carbons (Fsp3) is 0.481. The Labute approximate surface area is 201 Å². The molecule has 0 spiro atoms. The summed E-state index contributed by atoms with van der Waals surface area (Å²) < 4.78 is 11.0. The van der Waals surface area contributed by atoms with Crippen molar-refractivity contribution in [2.45, 2.75) is 82.6 Å². The number of nitrogen functional groups attached to an aromatic ring is 1. The summed E-state index contributed by atoms with van der Waals surface area (Å²) in [7, 11) is 0. The second-order valence-electron chi connectivity index (χ2n) is 10.4. The number of alkyl carbamates (subject to hydrolysis) is 2. The summed E-state index contributed by atoms with van der Waals surface area (Å²) in [5, 5.41) is 5.91. The fourth-order valence-electron chi connectivity index (χ4n) is 4.49. The van der Waals surface area contributed by atoms with E-state index in [1.165, 1.54) is 5.56 Å². The Kier molecular flexibility index (Phi) is 7.00. The molecular weight excluding hydrogens is 430 g/mol. The topological polar surface area (TPSA) is 103 Å². The van der Waals surface area contributed by atoms with Crippen LogP contribution >= 0.6 is 0 Å². The second kappa shape index (κ2) is 9.95. The minimum atomic E-state index is -0.508. The first-order chi connectivity index (χ1) is 16.2. The van der Waals surface area contributed by atoms with Crippen molar-refractivity contribution in [1.82, 2.24) is 10.6 Å². The number of anilines is 1. The first-order valence-electron chi connectivity index (χ1n) is 12.1. The van der Waals surface area contributed by atoms with E-state index in [0.29, 0.717) is 0 Å². The zero-order valence-electron chi connectivity index (χ0n) is 20.2. The molecule has 4 N–H and O–H groups in total. The normalized spacial score (nSPS) is 24.1. The van der Waals surface area contributed by atoms with E-state index in [9.17, 15) is 9.59 Å². The van der Waals surface area contributed by atoms with Gasteiger partial charge in [0.1, 0.15) is 11.7 Å². The minimum absolute atomic E-state index is 0.0685. The average molecular weight is 466 g/mol. The molecular formula is C27H35N3O4. The molecule has 0 saturated heterocycles. The highest BCUT2D eigenvalue weighted by Gasteiger charge is 2.42. The first-order valence-corrected chi connectivity index (χ1v) is 12.1. The molecule has 0 unspecified atom stereocenters. The summed E-state index contributed by atoms with van der Waals surface area (Å²) in [6, 6.07) is 16.3. The summed E-state index contributed by atoms with van der Waals surface area (Å²) >= 11 is 0. The van der Waals surface area contributed by atoms with Crippen molar-refractivity contribution in [2.75, 3.05) is 5.73 Å². The molecule has 0 heterocycles. The molecule has 34 heavy (non-hydrogen) atoms. The second-order valence-corrected chi connectivity index (χ2v) is 10.4. The van der Waals surface area contributed by atoms with Crippen LogP contribution in [0.1, 0.15) is 64.4 Å². The Bertz CT molecular complexity index is 1010. The molecule has 2 aromatic rings. The van der Waals surface area contributed by atoms with Crippen molar-refractivity contribution >= 4 is 17.9 Å². The maximum Gasteiger partial charge on any atom is 0.407 e. The summed E-state index contributed by atoms with van der Waals surface area (Å²) in [4.78, 5) is 24.3. The molecule has 2 aromatic carbocycles. The zero-order valence-corrected chi connectivity index (χ0v) is 20.2. The van der Waals surface area contributed by atoms with Gasteiger partial charge >= 0.3 is 12.2 Å². The van der Waals surface area contributed by atoms with Crippen LogP contribution in [-0.4, -0.2) is 36.0 Å². The Balaban J connectivity index is 1.18. The van der Waals surface area contributed by atoms with Crippen LogP contribution < -0.4 is 16.4 Å². The van der Waals surface area contributed by atoms with Crippen molar-refractivity contribution in [3.63, 3.8) is 0 Å². The van der Waals surface area contributed by atoms with Crippen LogP contribution in [-0.2, 0) is 9.47 Å². The van der Waals surface area contributed by atoms with Gasteiger partial charge in [-0.05, 0) is 81.7 Å². The molecule has 2 atom stereocenters. The molecule has 182 valence electrons. The van der Waals surface area contributed by atoms with E-state index in [1.807, 2.05) is 45.0 Å².